The first kappa shape index (κ1) is 13.7. The van der Waals surface area contributed by atoms with Crippen molar-refractivity contribution in [1.29, 1.82) is 0 Å². The van der Waals surface area contributed by atoms with Crippen LogP contribution in [0, 0.1) is 0 Å². The average Bonchev–Trinajstić information content (AvgIpc) is 2.62. The molecule has 0 bridgehead atoms. The van der Waals surface area contributed by atoms with Crippen molar-refractivity contribution in [2.75, 3.05) is 0 Å². The number of benzene rings is 2. The highest BCUT2D eigenvalue weighted by molar-refractivity contribution is 6.14. The largest absolute Gasteiger partial charge is 0.283 e. The highest BCUT2D eigenvalue weighted by atomic mass is 15.3. The second-order valence-electron chi connectivity index (χ2n) is 5.78. The third kappa shape index (κ3) is 2.50. The van der Waals surface area contributed by atoms with E-state index < -0.39 is 0 Å². The average molecular weight is 299 g/mol. The van der Waals surface area contributed by atoms with Gasteiger partial charge in [-0.3, -0.25) is 10.4 Å². The quantitative estimate of drug-likeness (QED) is 0.769. The predicted octanol–water partition coefficient (Wildman–Crippen LogP) is 4.23. The normalized spacial score (nSPS) is 17.7. The molecule has 0 saturated heterocycles. The zero-order chi connectivity index (χ0) is 15.6. The summed E-state index contributed by atoms with van der Waals surface area (Å²) in [6.07, 6.45) is 4.51. The molecule has 2 heterocycles. The summed E-state index contributed by atoms with van der Waals surface area (Å²) in [5.41, 5.74) is 7.46. The number of fused-ring (bicyclic) bond motifs is 1. The monoisotopic (exact) mass is 299 g/mol. The van der Waals surface area contributed by atoms with Crippen LogP contribution in [0.3, 0.4) is 0 Å². The van der Waals surface area contributed by atoms with Gasteiger partial charge in [-0.25, -0.2) is 0 Å². The van der Waals surface area contributed by atoms with E-state index in [2.05, 4.69) is 76.7 Å². The third-order valence-corrected chi connectivity index (χ3v) is 4.29. The van der Waals surface area contributed by atoms with E-state index in [4.69, 9.17) is 0 Å². The fourth-order valence-electron chi connectivity index (χ4n) is 3.17. The minimum Gasteiger partial charge on any atom is -0.283 e. The Morgan fingerprint density at radius 2 is 1.74 bits per heavy atom. The Kier molecular flexibility index (Phi) is 3.39. The van der Waals surface area contributed by atoms with Crippen LogP contribution in [0.2, 0.25) is 0 Å². The van der Waals surface area contributed by atoms with Crippen molar-refractivity contribution in [3.05, 3.63) is 90.4 Å². The van der Waals surface area contributed by atoms with Gasteiger partial charge in [0, 0.05) is 36.0 Å². The molecular formula is C20H17N3. The van der Waals surface area contributed by atoms with E-state index in [9.17, 15) is 0 Å². The maximum Gasteiger partial charge on any atom is 0.0764 e. The number of allylic oxidation sites excluding steroid dienone is 1. The molecule has 0 spiro atoms. The highest BCUT2D eigenvalue weighted by Gasteiger charge is 2.25. The molecule has 0 saturated carbocycles. The minimum atomic E-state index is 0.192. The van der Waals surface area contributed by atoms with Crippen molar-refractivity contribution in [2.45, 2.75) is 12.3 Å². The number of hydrogen-bond acceptors (Lipinski definition) is 3. The van der Waals surface area contributed by atoms with E-state index in [0.717, 1.165) is 17.8 Å². The first-order valence-electron chi connectivity index (χ1n) is 7.72. The lowest BCUT2D eigenvalue weighted by Gasteiger charge is -2.26. The second-order valence-corrected chi connectivity index (χ2v) is 5.78. The summed E-state index contributed by atoms with van der Waals surface area (Å²) < 4.78 is 0. The van der Waals surface area contributed by atoms with E-state index in [1.54, 1.807) is 0 Å². The maximum atomic E-state index is 4.64. The van der Waals surface area contributed by atoms with Crippen LogP contribution in [0.1, 0.15) is 23.5 Å². The van der Waals surface area contributed by atoms with Gasteiger partial charge < -0.3 is 0 Å². The van der Waals surface area contributed by atoms with Gasteiger partial charge in [-0.05, 0) is 28.5 Å². The molecule has 0 amide bonds. The smallest absolute Gasteiger partial charge is 0.0764 e. The minimum absolute atomic E-state index is 0.192. The first-order valence-corrected chi connectivity index (χ1v) is 7.72. The van der Waals surface area contributed by atoms with Gasteiger partial charge in [-0.15, -0.1) is 0 Å². The lowest BCUT2D eigenvalue weighted by Crippen LogP contribution is -2.26. The molecular weight excluding hydrogens is 282 g/mol. The molecule has 1 aromatic heterocycles. The van der Waals surface area contributed by atoms with Gasteiger partial charge in [-0.1, -0.05) is 49.0 Å². The summed E-state index contributed by atoms with van der Waals surface area (Å²) in [5.74, 6) is 0.192. The topological polar surface area (TPSA) is 37.3 Å². The van der Waals surface area contributed by atoms with Crippen molar-refractivity contribution in [3.8, 4) is 0 Å². The number of pyridine rings is 1. The van der Waals surface area contributed by atoms with Crippen molar-refractivity contribution in [3.63, 3.8) is 0 Å². The van der Waals surface area contributed by atoms with Crippen molar-refractivity contribution in [1.82, 2.24) is 10.4 Å². The molecule has 0 fully saturated rings. The Morgan fingerprint density at radius 3 is 2.61 bits per heavy atom. The van der Waals surface area contributed by atoms with E-state index in [1.807, 2.05) is 12.4 Å². The van der Waals surface area contributed by atoms with Crippen LogP contribution in [0.5, 0.6) is 0 Å². The Bertz CT molecular complexity index is 892. The number of rotatable bonds is 2. The lowest BCUT2D eigenvalue weighted by molar-refractivity contribution is 0.712. The molecule has 23 heavy (non-hydrogen) atoms. The fraction of sp³-hybridized carbons (Fsp3) is 0.100. The fourth-order valence-corrected chi connectivity index (χ4v) is 3.17. The Morgan fingerprint density at radius 1 is 0.957 bits per heavy atom. The van der Waals surface area contributed by atoms with Gasteiger partial charge in [0.2, 0.25) is 0 Å². The van der Waals surface area contributed by atoms with Gasteiger partial charge in [0.25, 0.3) is 0 Å². The second kappa shape index (κ2) is 5.69. The SMILES string of the molecule is C=C1CC(c2ccncc2)C(c2cccc3ccccc23)=NN1. The van der Waals surface area contributed by atoms with Crippen molar-refractivity contribution >= 4 is 16.5 Å². The molecule has 1 N–H and O–H groups in total. The molecule has 4 rings (SSSR count). The molecule has 0 aliphatic carbocycles. The van der Waals surface area contributed by atoms with Gasteiger partial charge in [0.1, 0.15) is 0 Å². The maximum absolute atomic E-state index is 4.64. The number of aromatic nitrogens is 1. The molecule has 1 unspecified atom stereocenters. The van der Waals surface area contributed by atoms with Crippen LogP contribution in [-0.2, 0) is 0 Å². The van der Waals surface area contributed by atoms with E-state index in [0.29, 0.717) is 0 Å². The molecule has 112 valence electrons. The first-order chi connectivity index (χ1) is 11.3. The number of hydrogen-bond donors (Lipinski definition) is 1. The zero-order valence-corrected chi connectivity index (χ0v) is 12.7. The van der Waals surface area contributed by atoms with E-state index >= 15 is 0 Å². The predicted molar refractivity (Wildman–Crippen MR) is 94.4 cm³/mol. The Balaban J connectivity index is 1.89. The van der Waals surface area contributed by atoms with Gasteiger partial charge in [-0.2, -0.15) is 5.10 Å². The van der Waals surface area contributed by atoms with Crippen LogP contribution < -0.4 is 5.43 Å². The summed E-state index contributed by atoms with van der Waals surface area (Å²) in [6, 6.07) is 18.9. The zero-order valence-electron chi connectivity index (χ0n) is 12.7. The van der Waals surface area contributed by atoms with Crippen LogP contribution in [-0.4, -0.2) is 10.7 Å². The molecule has 0 radical (unpaired) electrons. The molecule has 3 heteroatoms. The molecule has 3 aromatic rings. The standard InChI is InChI=1S/C20H17N3/c1-14-13-19(16-9-11-21-12-10-16)20(23-22-14)18-8-4-6-15-5-2-3-7-17(15)18/h2-12,19,22H,1,13H2. The molecule has 1 atom stereocenters. The number of hydrazone groups is 1. The van der Waals surface area contributed by atoms with Gasteiger partial charge >= 0.3 is 0 Å². The van der Waals surface area contributed by atoms with E-state index in [-0.39, 0.29) is 5.92 Å². The summed E-state index contributed by atoms with van der Waals surface area (Å²) in [4.78, 5) is 4.13. The summed E-state index contributed by atoms with van der Waals surface area (Å²) in [6.45, 7) is 4.05. The lowest BCUT2D eigenvalue weighted by atomic mass is 9.84. The third-order valence-electron chi connectivity index (χ3n) is 4.29. The molecule has 3 nitrogen and oxygen atoms in total. The van der Waals surface area contributed by atoms with Crippen LogP contribution in [0.15, 0.2) is 84.4 Å². The summed E-state index contributed by atoms with van der Waals surface area (Å²) in [5, 5.41) is 7.09. The van der Waals surface area contributed by atoms with Crippen LogP contribution in [0.4, 0.5) is 0 Å². The van der Waals surface area contributed by atoms with Gasteiger partial charge in [0.05, 0.1) is 5.71 Å². The molecule has 1 aliphatic rings. The summed E-state index contributed by atoms with van der Waals surface area (Å²) in [7, 11) is 0. The Hall–Kier alpha value is -2.94. The highest BCUT2D eigenvalue weighted by Crippen LogP contribution is 2.32. The Labute approximate surface area is 135 Å². The van der Waals surface area contributed by atoms with Crippen molar-refractivity contribution in [2.24, 2.45) is 5.10 Å². The molecule has 1 aliphatic heterocycles. The van der Waals surface area contributed by atoms with Crippen LogP contribution >= 0.6 is 0 Å². The number of nitrogens with zero attached hydrogens (tertiary/aromatic N) is 2. The van der Waals surface area contributed by atoms with Crippen molar-refractivity contribution < 1.29 is 0 Å². The summed E-state index contributed by atoms with van der Waals surface area (Å²) >= 11 is 0. The number of nitrogens with one attached hydrogen (secondary N) is 1. The van der Waals surface area contributed by atoms with E-state index in [1.165, 1.54) is 21.9 Å². The van der Waals surface area contributed by atoms with Gasteiger partial charge in [0.15, 0.2) is 0 Å². The van der Waals surface area contributed by atoms with Crippen LogP contribution in [0.25, 0.3) is 10.8 Å². The molecule has 2 aromatic carbocycles.